The summed E-state index contributed by atoms with van der Waals surface area (Å²) >= 11 is 0. The molecule has 0 fully saturated rings. The van der Waals surface area contributed by atoms with Gasteiger partial charge in [-0.05, 0) is 12.5 Å². The number of benzene rings is 1. The van der Waals surface area contributed by atoms with E-state index in [9.17, 15) is 0 Å². The molecule has 59 valence electrons. The molecule has 0 aromatic heterocycles. The van der Waals surface area contributed by atoms with Gasteiger partial charge in [0.05, 0.1) is 0 Å². The number of rotatable bonds is 2. The zero-order valence-corrected chi connectivity index (χ0v) is 6.67. The topological polar surface area (TPSA) is 49.8 Å². The molecule has 1 aromatic carbocycles. The monoisotopic (exact) mass is 149 g/mol. The van der Waals surface area contributed by atoms with Gasteiger partial charge in [0.1, 0.15) is 0 Å². The average molecular weight is 149 g/mol. The van der Waals surface area contributed by atoms with Crippen molar-refractivity contribution in [2.45, 2.75) is 13.0 Å². The van der Waals surface area contributed by atoms with Gasteiger partial charge < -0.3 is 5.73 Å². The van der Waals surface area contributed by atoms with Gasteiger partial charge in [-0.2, -0.15) is 0 Å². The third-order valence-corrected chi connectivity index (χ3v) is 1.73. The van der Waals surface area contributed by atoms with Crippen LogP contribution in [0.15, 0.2) is 24.3 Å². The minimum Gasteiger partial charge on any atom is -0.323 e. The first-order chi connectivity index (χ1) is 5.24. The van der Waals surface area contributed by atoms with Crippen LogP contribution in [0.4, 0.5) is 0 Å². The molecule has 11 heavy (non-hydrogen) atoms. The highest BCUT2D eigenvalue weighted by Gasteiger charge is 2.01. The standard InChI is InChI=1S/C9H13N2/c1-7-2-4-8(5-3-7)9(11)6-10/h2-5,9-10H,6,11H2,1H3. The van der Waals surface area contributed by atoms with E-state index in [-0.39, 0.29) is 12.6 Å². The van der Waals surface area contributed by atoms with Gasteiger partial charge in [0, 0.05) is 12.6 Å². The van der Waals surface area contributed by atoms with Crippen LogP contribution in [0.2, 0.25) is 0 Å². The van der Waals surface area contributed by atoms with Crippen LogP contribution >= 0.6 is 0 Å². The molecule has 2 nitrogen and oxygen atoms in total. The molecule has 0 amide bonds. The molecule has 1 atom stereocenters. The molecule has 0 heterocycles. The Morgan fingerprint density at radius 1 is 1.36 bits per heavy atom. The lowest BCUT2D eigenvalue weighted by molar-refractivity contribution is 0.724. The van der Waals surface area contributed by atoms with Crippen molar-refractivity contribution in [2.24, 2.45) is 5.73 Å². The van der Waals surface area contributed by atoms with E-state index in [1.807, 2.05) is 31.2 Å². The SMILES string of the molecule is Cc1ccc(C(N)C[NH])cc1. The third-order valence-electron chi connectivity index (χ3n) is 1.73. The minimum absolute atomic E-state index is 0.129. The van der Waals surface area contributed by atoms with Crippen LogP contribution in [-0.4, -0.2) is 6.54 Å². The van der Waals surface area contributed by atoms with E-state index in [0.29, 0.717) is 0 Å². The molecule has 0 spiro atoms. The normalized spacial score (nSPS) is 13.0. The van der Waals surface area contributed by atoms with Crippen molar-refractivity contribution < 1.29 is 0 Å². The minimum atomic E-state index is -0.129. The molecule has 3 N–H and O–H groups in total. The van der Waals surface area contributed by atoms with E-state index < -0.39 is 0 Å². The first-order valence-electron chi connectivity index (χ1n) is 3.71. The molecule has 1 unspecified atom stereocenters. The van der Waals surface area contributed by atoms with Crippen LogP contribution in [0.25, 0.3) is 0 Å². The van der Waals surface area contributed by atoms with Crippen molar-refractivity contribution in [3.05, 3.63) is 35.4 Å². The summed E-state index contributed by atoms with van der Waals surface area (Å²) in [4.78, 5) is 0. The molecule has 0 bridgehead atoms. The average Bonchev–Trinajstić information content (AvgIpc) is 2.05. The lowest BCUT2D eigenvalue weighted by Gasteiger charge is -2.07. The van der Waals surface area contributed by atoms with Crippen molar-refractivity contribution in [1.29, 1.82) is 0 Å². The van der Waals surface area contributed by atoms with E-state index in [1.165, 1.54) is 5.56 Å². The molecule has 2 heteroatoms. The van der Waals surface area contributed by atoms with Gasteiger partial charge in [-0.1, -0.05) is 29.8 Å². The fraction of sp³-hybridized carbons (Fsp3) is 0.333. The van der Waals surface area contributed by atoms with Crippen molar-refractivity contribution in [2.75, 3.05) is 6.54 Å². The van der Waals surface area contributed by atoms with E-state index in [2.05, 4.69) is 0 Å². The Hall–Kier alpha value is -0.860. The third kappa shape index (κ3) is 2.03. The lowest BCUT2D eigenvalue weighted by atomic mass is 10.1. The van der Waals surface area contributed by atoms with Crippen LogP contribution < -0.4 is 11.5 Å². The molecule has 0 aliphatic heterocycles. The zero-order chi connectivity index (χ0) is 8.27. The van der Waals surface area contributed by atoms with Crippen molar-refractivity contribution in [3.63, 3.8) is 0 Å². The highest BCUT2D eigenvalue weighted by Crippen LogP contribution is 2.09. The van der Waals surface area contributed by atoms with Crippen LogP contribution in [0, 0.1) is 6.92 Å². The quantitative estimate of drug-likeness (QED) is 0.676. The molecule has 1 aromatic rings. The molecule has 0 aliphatic rings. The molecular formula is C9H13N2. The van der Waals surface area contributed by atoms with Gasteiger partial charge in [0.2, 0.25) is 0 Å². The second-order valence-corrected chi connectivity index (χ2v) is 2.72. The Balaban J connectivity index is 2.81. The highest BCUT2D eigenvalue weighted by molar-refractivity contribution is 5.23. The van der Waals surface area contributed by atoms with E-state index in [1.54, 1.807) is 0 Å². The molecule has 1 rings (SSSR count). The molecule has 0 aliphatic carbocycles. The number of aryl methyl sites for hydroxylation is 1. The van der Waals surface area contributed by atoms with Gasteiger partial charge in [-0.15, -0.1) is 0 Å². The first kappa shape index (κ1) is 8.24. The van der Waals surface area contributed by atoms with Crippen LogP contribution in [0.3, 0.4) is 0 Å². The molecule has 0 saturated carbocycles. The second-order valence-electron chi connectivity index (χ2n) is 2.72. The summed E-state index contributed by atoms with van der Waals surface area (Å²) in [6.07, 6.45) is 0. The summed E-state index contributed by atoms with van der Waals surface area (Å²) < 4.78 is 0. The van der Waals surface area contributed by atoms with Gasteiger partial charge in [-0.25, -0.2) is 0 Å². The van der Waals surface area contributed by atoms with Crippen LogP contribution in [0.5, 0.6) is 0 Å². The smallest absolute Gasteiger partial charge is 0.0435 e. The Kier molecular flexibility index (Phi) is 2.63. The summed E-state index contributed by atoms with van der Waals surface area (Å²) in [6, 6.07) is 7.87. The maximum absolute atomic E-state index is 7.07. The predicted molar refractivity (Wildman–Crippen MR) is 46.1 cm³/mol. The second kappa shape index (κ2) is 3.51. The summed E-state index contributed by atoms with van der Waals surface area (Å²) in [7, 11) is 0. The number of nitrogens with two attached hydrogens (primary N) is 1. The number of hydrogen-bond acceptors (Lipinski definition) is 1. The molecular weight excluding hydrogens is 136 g/mol. The maximum atomic E-state index is 7.07. The Morgan fingerprint density at radius 3 is 2.36 bits per heavy atom. The van der Waals surface area contributed by atoms with Gasteiger partial charge in [0.25, 0.3) is 0 Å². The summed E-state index contributed by atoms with van der Waals surface area (Å²) in [5, 5.41) is 0. The van der Waals surface area contributed by atoms with Crippen LogP contribution in [0.1, 0.15) is 17.2 Å². The van der Waals surface area contributed by atoms with Crippen molar-refractivity contribution >= 4 is 0 Å². The first-order valence-corrected chi connectivity index (χ1v) is 3.71. The lowest BCUT2D eigenvalue weighted by Crippen LogP contribution is -2.15. The Bertz CT molecular complexity index is 216. The fourth-order valence-corrected chi connectivity index (χ4v) is 0.931. The molecule has 0 saturated heterocycles. The highest BCUT2D eigenvalue weighted by atomic mass is 14.7. The van der Waals surface area contributed by atoms with E-state index >= 15 is 0 Å². The number of nitrogens with one attached hydrogen (secondary N) is 1. The largest absolute Gasteiger partial charge is 0.323 e. The molecule has 1 radical (unpaired) electrons. The summed E-state index contributed by atoms with van der Waals surface area (Å²) in [5.41, 5.74) is 15.0. The maximum Gasteiger partial charge on any atom is 0.0435 e. The van der Waals surface area contributed by atoms with Gasteiger partial charge in [0.15, 0.2) is 0 Å². The zero-order valence-electron chi connectivity index (χ0n) is 6.67. The summed E-state index contributed by atoms with van der Waals surface area (Å²) in [6.45, 7) is 2.29. The predicted octanol–water partition coefficient (Wildman–Crippen LogP) is 1.28. The van der Waals surface area contributed by atoms with E-state index in [0.717, 1.165) is 5.56 Å². The Labute approximate surface area is 67.2 Å². The fourth-order valence-electron chi connectivity index (χ4n) is 0.931. The Morgan fingerprint density at radius 2 is 1.91 bits per heavy atom. The van der Waals surface area contributed by atoms with Crippen molar-refractivity contribution in [1.82, 2.24) is 5.73 Å². The van der Waals surface area contributed by atoms with Gasteiger partial charge >= 0.3 is 0 Å². The van der Waals surface area contributed by atoms with Crippen molar-refractivity contribution in [3.8, 4) is 0 Å². The van der Waals surface area contributed by atoms with Gasteiger partial charge in [-0.3, -0.25) is 5.73 Å². The van der Waals surface area contributed by atoms with E-state index in [4.69, 9.17) is 11.5 Å². The van der Waals surface area contributed by atoms with Crippen LogP contribution in [-0.2, 0) is 0 Å². The number of hydrogen-bond donors (Lipinski definition) is 1. The summed E-state index contributed by atoms with van der Waals surface area (Å²) in [5.74, 6) is 0.